The van der Waals surface area contributed by atoms with E-state index in [-0.39, 0.29) is 5.91 Å². The molecule has 2 aromatic heterocycles. The molecule has 1 atom stereocenters. The summed E-state index contributed by atoms with van der Waals surface area (Å²) < 4.78 is 5.00. The lowest BCUT2D eigenvalue weighted by Crippen LogP contribution is -2.28. The lowest BCUT2D eigenvalue weighted by atomic mass is 10.1. The number of imidazole rings is 1. The molecule has 112 valence electrons. The Labute approximate surface area is 127 Å². The normalized spacial score (nSPS) is 18.4. The van der Waals surface area contributed by atoms with Gasteiger partial charge in [-0.25, -0.2) is 4.98 Å². The van der Waals surface area contributed by atoms with Crippen molar-refractivity contribution >= 4 is 17.5 Å². The van der Waals surface area contributed by atoms with E-state index in [2.05, 4.69) is 15.1 Å². The second-order valence-electron chi connectivity index (χ2n) is 5.39. The highest BCUT2D eigenvalue weighted by atomic mass is 35.5. The molecule has 0 aliphatic carbocycles. The molecule has 1 saturated heterocycles. The highest BCUT2D eigenvalue weighted by Gasteiger charge is 2.28. The Morgan fingerprint density at radius 1 is 1.62 bits per heavy atom. The van der Waals surface area contributed by atoms with Crippen molar-refractivity contribution in [2.75, 3.05) is 13.1 Å². The lowest BCUT2D eigenvalue weighted by molar-refractivity contribution is -0.130. The molecule has 0 radical (unpaired) electrons. The predicted octanol–water partition coefficient (Wildman–Crippen LogP) is 2.31. The predicted molar refractivity (Wildman–Crippen MR) is 77.1 cm³/mol. The van der Waals surface area contributed by atoms with E-state index < -0.39 is 0 Å². The zero-order valence-corrected chi connectivity index (χ0v) is 12.6. The number of halogens is 1. The van der Waals surface area contributed by atoms with Crippen LogP contribution in [0.3, 0.4) is 0 Å². The smallest absolute Gasteiger partial charge is 0.223 e. The Balaban J connectivity index is 1.52. The van der Waals surface area contributed by atoms with Crippen LogP contribution in [-0.2, 0) is 11.2 Å². The quantitative estimate of drug-likeness (QED) is 0.940. The molecule has 1 aliphatic heterocycles. The number of carbonyl (C=O) groups is 1. The number of H-pyrrole nitrogens is 1. The number of rotatable bonds is 4. The number of nitrogens with one attached hydrogen (secondary N) is 1. The maximum atomic E-state index is 12.2. The van der Waals surface area contributed by atoms with Crippen LogP contribution >= 0.6 is 11.6 Å². The van der Waals surface area contributed by atoms with Crippen molar-refractivity contribution in [3.05, 3.63) is 34.7 Å². The average Bonchev–Trinajstić information content (AvgIpc) is 3.16. The van der Waals surface area contributed by atoms with Gasteiger partial charge in [-0.05, 0) is 13.3 Å². The van der Waals surface area contributed by atoms with Crippen LogP contribution in [-0.4, -0.2) is 39.0 Å². The van der Waals surface area contributed by atoms with E-state index in [4.69, 9.17) is 16.1 Å². The van der Waals surface area contributed by atoms with Gasteiger partial charge in [0.1, 0.15) is 11.6 Å². The number of hydrogen-bond donors (Lipinski definition) is 1. The Morgan fingerprint density at radius 2 is 2.48 bits per heavy atom. The van der Waals surface area contributed by atoms with Crippen molar-refractivity contribution < 1.29 is 9.32 Å². The maximum Gasteiger partial charge on any atom is 0.223 e. The topological polar surface area (TPSA) is 75.0 Å². The summed E-state index contributed by atoms with van der Waals surface area (Å²) in [6.45, 7) is 3.49. The number of aromatic nitrogens is 3. The summed E-state index contributed by atoms with van der Waals surface area (Å²) in [6, 6.07) is 1.65. The van der Waals surface area contributed by atoms with Crippen LogP contribution in [0.15, 0.2) is 16.8 Å². The first-order chi connectivity index (χ1) is 10.1. The number of aromatic amines is 1. The molecular formula is C14H17ClN4O2. The van der Waals surface area contributed by atoms with Crippen LogP contribution in [0.1, 0.15) is 36.0 Å². The number of hydrogen-bond acceptors (Lipinski definition) is 4. The van der Waals surface area contributed by atoms with Gasteiger partial charge >= 0.3 is 0 Å². The highest BCUT2D eigenvalue weighted by molar-refractivity contribution is 6.29. The van der Waals surface area contributed by atoms with Gasteiger partial charge in [-0.1, -0.05) is 16.8 Å². The largest absolute Gasteiger partial charge is 0.360 e. The van der Waals surface area contributed by atoms with E-state index in [0.29, 0.717) is 29.7 Å². The minimum absolute atomic E-state index is 0.133. The molecule has 3 rings (SSSR count). The number of nitrogens with zero attached hydrogens (tertiary/aromatic N) is 3. The molecular weight excluding hydrogens is 292 g/mol. The Morgan fingerprint density at radius 3 is 3.14 bits per heavy atom. The summed E-state index contributed by atoms with van der Waals surface area (Å²) in [4.78, 5) is 21.7. The number of likely N-dealkylation sites (tertiary alicyclic amines) is 1. The Bertz CT molecular complexity index is 636. The molecule has 2 aromatic rings. The van der Waals surface area contributed by atoms with E-state index in [1.54, 1.807) is 6.07 Å². The fourth-order valence-corrected chi connectivity index (χ4v) is 2.80. The molecule has 0 bridgehead atoms. The standard InChI is InChI=1S/C14H17ClN4O2/c1-9-7-16-14(17-9)10-4-5-19(8-10)13(20)3-2-11-6-12(15)18-21-11/h6-7,10H,2-5,8H2,1H3,(H,16,17)/t10-/m1/s1. The Hall–Kier alpha value is -1.82. The van der Waals surface area contributed by atoms with Gasteiger partial charge in [-0.2, -0.15) is 0 Å². The van der Waals surface area contributed by atoms with Crippen molar-refractivity contribution in [3.63, 3.8) is 0 Å². The minimum Gasteiger partial charge on any atom is -0.360 e. The van der Waals surface area contributed by atoms with Crippen LogP contribution in [0.2, 0.25) is 5.15 Å². The summed E-state index contributed by atoms with van der Waals surface area (Å²) in [6.07, 6.45) is 3.72. The van der Waals surface area contributed by atoms with E-state index >= 15 is 0 Å². The second-order valence-corrected chi connectivity index (χ2v) is 5.78. The molecule has 1 aliphatic rings. The van der Waals surface area contributed by atoms with Gasteiger partial charge in [0.05, 0.1) is 0 Å². The molecule has 7 heteroatoms. The third-order valence-electron chi connectivity index (χ3n) is 3.77. The van der Waals surface area contributed by atoms with E-state index in [1.165, 1.54) is 0 Å². The molecule has 0 aromatic carbocycles. The molecule has 1 fully saturated rings. The van der Waals surface area contributed by atoms with Gasteiger partial charge in [-0.15, -0.1) is 0 Å². The van der Waals surface area contributed by atoms with Crippen molar-refractivity contribution in [1.82, 2.24) is 20.0 Å². The molecule has 0 saturated carbocycles. The fourth-order valence-electron chi connectivity index (χ4n) is 2.64. The summed E-state index contributed by atoms with van der Waals surface area (Å²) in [5, 5.41) is 3.93. The van der Waals surface area contributed by atoms with Crippen molar-refractivity contribution in [3.8, 4) is 0 Å². The molecule has 21 heavy (non-hydrogen) atoms. The minimum atomic E-state index is 0.133. The fraction of sp³-hybridized carbons (Fsp3) is 0.500. The first-order valence-electron chi connectivity index (χ1n) is 7.02. The van der Waals surface area contributed by atoms with Crippen molar-refractivity contribution in [2.24, 2.45) is 0 Å². The lowest BCUT2D eigenvalue weighted by Gasteiger charge is -2.15. The third-order valence-corrected chi connectivity index (χ3v) is 3.94. The molecule has 1 N–H and O–H groups in total. The second kappa shape index (κ2) is 5.89. The molecule has 0 spiro atoms. The average molecular weight is 309 g/mol. The van der Waals surface area contributed by atoms with Crippen LogP contribution in [0.4, 0.5) is 0 Å². The van der Waals surface area contributed by atoms with Gasteiger partial charge in [0.25, 0.3) is 0 Å². The van der Waals surface area contributed by atoms with Gasteiger partial charge in [0, 0.05) is 49.8 Å². The zero-order valence-electron chi connectivity index (χ0n) is 11.8. The van der Waals surface area contributed by atoms with E-state index in [0.717, 1.165) is 31.0 Å². The van der Waals surface area contributed by atoms with Gasteiger partial charge in [0.15, 0.2) is 5.15 Å². The molecule has 3 heterocycles. The van der Waals surface area contributed by atoms with Crippen LogP contribution < -0.4 is 0 Å². The number of aryl methyl sites for hydroxylation is 2. The first-order valence-corrected chi connectivity index (χ1v) is 7.40. The summed E-state index contributed by atoms with van der Waals surface area (Å²) >= 11 is 5.68. The highest BCUT2D eigenvalue weighted by Crippen LogP contribution is 2.25. The molecule has 0 unspecified atom stereocenters. The number of amides is 1. The van der Waals surface area contributed by atoms with E-state index in [9.17, 15) is 4.79 Å². The first kappa shape index (κ1) is 14.1. The van der Waals surface area contributed by atoms with Gasteiger partial charge in [-0.3, -0.25) is 4.79 Å². The van der Waals surface area contributed by atoms with Crippen molar-refractivity contribution in [1.29, 1.82) is 0 Å². The third kappa shape index (κ3) is 3.26. The van der Waals surface area contributed by atoms with E-state index in [1.807, 2.05) is 18.0 Å². The molecule has 6 nitrogen and oxygen atoms in total. The van der Waals surface area contributed by atoms with Crippen molar-refractivity contribution in [2.45, 2.75) is 32.1 Å². The van der Waals surface area contributed by atoms with Gasteiger partial charge in [0.2, 0.25) is 5.91 Å². The Kier molecular flexibility index (Phi) is 3.96. The summed E-state index contributed by atoms with van der Waals surface area (Å²) in [5.74, 6) is 2.06. The van der Waals surface area contributed by atoms with Crippen LogP contribution in [0.25, 0.3) is 0 Å². The van der Waals surface area contributed by atoms with Gasteiger partial charge < -0.3 is 14.4 Å². The zero-order chi connectivity index (χ0) is 14.8. The maximum absolute atomic E-state index is 12.2. The van der Waals surface area contributed by atoms with Crippen LogP contribution in [0, 0.1) is 6.92 Å². The monoisotopic (exact) mass is 308 g/mol. The van der Waals surface area contributed by atoms with Crippen LogP contribution in [0.5, 0.6) is 0 Å². The SMILES string of the molecule is Cc1cnc([C@@H]2CCN(C(=O)CCc3cc(Cl)no3)C2)[nH]1. The molecule has 1 amide bonds. The summed E-state index contributed by atoms with van der Waals surface area (Å²) in [7, 11) is 0. The number of carbonyl (C=O) groups excluding carboxylic acids is 1. The summed E-state index contributed by atoms with van der Waals surface area (Å²) in [5.41, 5.74) is 1.05.